The van der Waals surface area contributed by atoms with Crippen molar-refractivity contribution in [2.75, 3.05) is 0 Å². The van der Waals surface area contributed by atoms with Gasteiger partial charge in [-0.15, -0.1) is 0 Å². The van der Waals surface area contributed by atoms with Crippen molar-refractivity contribution in [3.05, 3.63) is 146 Å². The molecule has 0 spiro atoms. The molecule has 0 atom stereocenters. The van der Waals surface area contributed by atoms with Crippen LogP contribution in [-0.2, 0) is 0 Å². The average molecular weight is 521 g/mol. The molecule has 190 valence electrons. The molecule has 6 aromatic carbocycles. The zero-order chi connectivity index (χ0) is 26.9. The van der Waals surface area contributed by atoms with Gasteiger partial charge in [0.25, 0.3) is 0 Å². The summed E-state index contributed by atoms with van der Waals surface area (Å²) >= 11 is 0. The molecule has 9 rings (SSSR count). The Morgan fingerprint density at radius 1 is 0.390 bits per heavy atom. The van der Waals surface area contributed by atoms with Crippen LogP contribution in [0.25, 0.3) is 82.9 Å². The van der Waals surface area contributed by atoms with Crippen LogP contribution < -0.4 is 0 Å². The minimum Gasteiger partial charge on any atom is -0.309 e. The maximum Gasteiger partial charge on any atom is 0.0708 e. The molecule has 0 saturated heterocycles. The molecule has 2 nitrogen and oxygen atoms in total. The third kappa shape index (κ3) is 3.16. The zero-order valence-corrected chi connectivity index (χ0v) is 22.3. The summed E-state index contributed by atoms with van der Waals surface area (Å²) in [7, 11) is 0. The van der Waals surface area contributed by atoms with Crippen LogP contribution in [0, 0.1) is 0 Å². The van der Waals surface area contributed by atoms with E-state index in [1.165, 1.54) is 71.7 Å². The second-order valence-corrected chi connectivity index (χ2v) is 10.7. The van der Waals surface area contributed by atoms with Gasteiger partial charge in [-0.25, -0.2) is 0 Å². The van der Waals surface area contributed by atoms with Crippen LogP contribution >= 0.6 is 0 Å². The van der Waals surface area contributed by atoms with Gasteiger partial charge >= 0.3 is 0 Å². The van der Waals surface area contributed by atoms with Crippen LogP contribution in [0.2, 0.25) is 0 Å². The van der Waals surface area contributed by atoms with Gasteiger partial charge in [0, 0.05) is 28.0 Å². The minimum absolute atomic E-state index is 1.01. The maximum atomic E-state index is 4.74. The topological polar surface area (TPSA) is 17.8 Å². The molecule has 0 amide bonds. The molecule has 0 bridgehead atoms. The van der Waals surface area contributed by atoms with E-state index in [-0.39, 0.29) is 0 Å². The zero-order valence-electron chi connectivity index (χ0n) is 22.3. The lowest BCUT2D eigenvalue weighted by Crippen LogP contribution is -2.00. The molecule has 2 aromatic heterocycles. The van der Waals surface area contributed by atoms with Crippen molar-refractivity contribution in [3.8, 4) is 50.2 Å². The summed E-state index contributed by atoms with van der Waals surface area (Å²) in [5.41, 5.74) is 14.5. The van der Waals surface area contributed by atoms with E-state index < -0.39 is 0 Å². The Morgan fingerprint density at radius 3 is 1.63 bits per heavy atom. The summed E-state index contributed by atoms with van der Waals surface area (Å²) in [6.45, 7) is 0. The largest absolute Gasteiger partial charge is 0.309 e. The highest BCUT2D eigenvalue weighted by Crippen LogP contribution is 2.50. The van der Waals surface area contributed by atoms with E-state index in [1.807, 2.05) is 12.3 Å². The molecule has 1 aliphatic carbocycles. The van der Waals surface area contributed by atoms with Crippen molar-refractivity contribution >= 4 is 32.7 Å². The van der Waals surface area contributed by atoms with E-state index in [1.54, 1.807) is 0 Å². The second-order valence-electron chi connectivity index (χ2n) is 10.7. The predicted octanol–water partition coefficient (Wildman–Crippen LogP) is 10.3. The quantitative estimate of drug-likeness (QED) is 0.210. The van der Waals surface area contributed by atoms with Crippen molar-refractivity contribution in [3.63, 3.8) is 0 Å². The van der Waals surface area contributed by atoms with E-state index in [0.29, 0.717) is 0 Å². The Balaban J connectivity index is 1.44. The first-order chi connectivity index (χ1) is 20.4. The van der Waals surface area contributed by atoms with Gasteiger partial charge in [-0.2, -0.15) is 0 Å². The molecular formula is C39H24N2. The van der Waals surface area contributed by atoms with Gasteiger partial charge in [0.1, 0.15) is 0 Å². The van der Waals surface area contributed by atoms with E-state index in [9.17, 15) is 0 Å². The highest BCUT2D eigenvalue weighted by molar-refractivity contribution is 6.12. The van der Waals surface area contributed by atoms with Crippen LogP contribution in [0.3, 0.4) is 0 Å². The molecule has 2 heterocycles. The molecular weight excluding hydrogens is 496 g/mol. The van der Waals surface area contributed by atoms with Crippen LogP contribution in [0.4, 0.5) is 0 Å². The van der Waals surface area contributed by atoms with Crippen molar-refractivity contribution in [1.29, 1.82) is 0 Å². The number of hydrogen-bond donors (Lipinski definition) is 0. The first-order valence-electron chi connectivity index (χ1n) is 14.1. The molecule has 0 saturated carbocycles. The Labute approximate surface area is 237 Å². The normalized spacial score (nSPS) is 11.9. The molecule has 41 heavy (non-hydrogen) atoms. The van der Waals surface area contributed by atoms with Gasteiger partial charge in [0.05, 0.1) is 16.6 Å². The standard InChI is InChI=1S/C39H24N2/c1-2-11-27-26(10-1)28-12-3-4-15-32(28)39-33(21-22-36-34(39)16-9-23-40-36)35-24-25(19-20-29(27)35)41-37-17-7-5-13-30(37)31-14-6-8-18-38(31)41/h1-24H. The molecule has 0 fully saturated rings. The molecule has 2 heteroatoms. The number of fused-ring (bicyclic) bond motifs is 13. The Hall–Kier alpha value is -5.47. The number of para-hydroxylation sites is 2. The lowest BCUT2D eigenvalue weighted by molar-refractivity contribution is 1.18. The van der Waals surface area contributed by atoms with Crippen LogP contribution in [0.1, 0.15) is 0 Å². The Morgan fingerprint density at radius 2 is 0.927 bits per heavy atom. The summed E-state index contributed by atoms with van der Waals surface area (Å²) in [5.74, 6) is 0. The Kier molecular flexibility index (Phi) is 4.64. The van der Waals surface area contributed by atoms with Crippen LogP contribution in [0.15, 0.2) is 146 Å². The molecule has 0 radical (unpaired) electrons. The van der Waals surface area contributed by atoms with E-state index in [4.69, 9.17) is 4.98 Å². The van der Waals surface area contributed by atoms with Gasteiger partial charge in [-0.05, 0) is 80.9 Å². The first kappa shape index (κ1) is 22.4. The lowest BCUT2D eigenvalue weighted by atomic mass is 9.79. The van der Waals surface area contributed by atoms with Crippen molar-refractivity contribution in [2.45, 2.75) is 0 Å². The Bertz CT molecular complexity index is 2270. The van der Waals surface area contributed by atoms with E-state index in [0.717, 1.165) is 11.2 Å². The fraction of sp³-hybridized carbons (Fsp3) is 0. The second kappa shape index (κ2) is 8.51. The fourth-order valence-electron chi connectivity index (χ4n) is 6.89. The summed E-state index contributed by atoms with van der Waals surface area (Å²) in [4.78, 5) is 4.74. The number of nitrogens with zero attached hydrogens (tertiary/aromatic N) is 2. The summed E-state index contributed by atoms with van der Waals surface area (Å²) in [5, 5.41) is 3.71. The first-order valence-corrected chi connectivity index (χ1v) is 14.1. The van der Waals surface area contributed by atoms with Gasteiger partial charge in [0.15, 0.2) is 0 Å². The van der Waals surface area contributed by atoms with Gasteiger partial charge in [0.2, 0.25) is 0 Å². The highest BCUT2D eigenvalue weighted by Gasteiger charge is 2.24. The molecule has 0 aliphatic heterocycles. The minimum atomic E-state index is 1.01. The van der Waals surface area contributed by atoms with Gasteiger partial charge < -0.3 is 4.57 Å². The third-order valence-electron chi connectivity index (χ3n) is 8.62. The van der Waals surface area contributed by atoms with Crippen molar-refractivity contribution in [1.82, 2.24) is 9.55 Å². The van der Waals surface area contributed by atoms with E-state index in [2.05, 4.69) is 138 Å². The maximum absolute atomic E-state index is 4.74. The predicted molar refractivity (Wildman–Crippen MR) is 171 cm³/mol. The lowest BCUT2D eigenvalue weighted by Gasteiger charge is -2.25. The molecule has 8 aromatic rings. The average Bonchev–Trinajstić information content (AvgIpc) is 3.38. The fourth-order valence-corrected chi connectivity index (χ4v) is 6.89. The molecule has 1 aliphatic rings. The number of benzene rings is 6. The van der Waals surface area contributed by atoms with Gasteiger partial charge in [-0.1, -0.05) is 103 Å². The summed E-state index contributed by atoms with van der Waals surface area (Å²) in [6, 6.07) is 50.7. The van der Waals surface area contributed by atoms with Crippen LogP contribution in [0.5, 0.6) is 0 Å². The molecule has 0 N–H and O–H groups in total. The van der Waals surface area contributed by atoms with E-state index >= 15 is 0 Å². The molecule has 0 unspecified atom stereocenters. The number of rotatable bonds is 1. The monoisotopic (exact) mass is 520 g/mol. The SMILES string of the molecule is c1ccc2c(c1)-c1ccc(-n3c4ccccc4c4ccccc43)cc1-c1ccc3ncccc3c1-c1ccccc1-2. The summed E-state index contributed by atoms with van der Waals surface area (Å²) < 4.78 is 2.41. The van der Waals surface area contributed by atoms with Crippen LogP contribution in [-0.4, -0.2) is 9.55 Å². The number of pyridine rings is 1. The highest BCUT2D eigenvalue weighted by atomic mass is 15.0. The number of aromatic nitrogens is 2. The van der Waals surface area contributed by atoms with Crippen molar-refractivity contribution < 1.29 is 0 Å². The van der Waals surface area contributed by atoms with Crippen molar-refractivity contribution in [2.24, 2.45) is 0 Å². The summed E-state index contributed by atoms with van der Waals surface area (Å²) in [6.07, 6.45) is 1.88. The van der Waals surface area contributed by atoms with Gasteiger partial charge in [-0.3, -0.25) is 4.98 Å². The third-order valence-corrected chi connectivity index (χ3v) is 8.62. The number of hydrogen-bond acceptors (Lipinski definition) is 1. The smallest absolute Gasteiger partial charge is 0.0708 e.